The summed E-state index contributed by atoms with van der Waals surface area (Å²) in [7, 11) is 4.15. The van der Waals surface area contributed by atoms with Crippen LogP contribution < -0.4 is 5.32 Å². The molecule has 0 saturated carbocycles. The number of carbonyl (C=O) groups excluding carboxylic acids is 1. The summed E-state index contributed by atoms with van der Waals surface area (Å²) in [5.74, 6) is -0.179. The van der Waals surface area contributed by atoms with Crippen molar-refractivity contribution in [1.29, 1.82) is 0 Å². The number of alkyl halides is 1. The van der Waals surface area contributed by atoms with Gasteiger partial charge in [-0.2, -0.15) is 0 Å². The zero-order chi connectivity index (χ0) is 15.5. The van der Waals surface area contributed by atoms with E-state index in [1.165, 1.54) is 5.56 Å². The number of benzene rings is 1. The third-order valence-electron chi connectivity index (χ3n) is 2.38. The van der Waals surface area contributed by atoms with Crippen LogP contribution in [0.5, 0.6) is 0 Å². The van der Waals surface area contributed by atoms with Gasteiger partial charge in [0.2, 0.25) is 5.91 Å². The predicted octanol–water partition coefficient (Wildman–Crippen LogP) is 3.40. The van der Waals surface area contributed by atoms with Gasteiger partial charge in [0.25, 0.3) is 0 Å². The number of halogens is 1. The number of hydrogen-bond donors (Lipinski definition) is 1. The van der Waals surface area contributed by atoms with E-state index in [1.54, 1.807) is 6.92 Å². The molecule has 1 aromatic carbocycles. The van der Waals surface area contributed by atoms with Crippen molar-refractivity contribution in [1.82, 2.24) is 10.2 Å². The summed E-state index contributed by atoms with van der Waals surface area (Å²) in [5.41, 5.74) is 1.58. The SMILES string of the molecule is C=C(C)C(=O)NC(Cl)CC.CN(C)Cc1ccccc1. The van der Waals surface area contributed by atoms with Crippen LogP contribution in [0.25, 0.3) is 0 Å². The van der Waals surface area contributed by atoms with Gasteiger partial charge in [-0.05, 0) is 33.0 Å². The fourth-order valence-electron chi connectivity index (χ4n) is 1.32. The summed E-state index contributed by atoms with van der Waals surface area (Å²) in [5, 5.41) is 2.56. The van der Waals surface area contributed by atoms with Gasteiger partial charge in [0, 0.05) is 12.1 Å². The van der Waals surface area contributed by atoms with E-state index in [9.17, 15) is 4.79 Å². The van der Waals surface area contributed by atoms with Crippen LogP contribution in [0.2, 0.25) is 0 Å². The summed E-state index contributed by atoms with van der Waals surface area (Å²) in [6.45, 7) is 8.05. The molecule has 0 bridgehead atoms. The van der Waals surface area contributed by atoms with Gasteiger partial charge in [-0.1, -0.05) is 55.4 Å². The van der Waals surface area contributed by atoms with Crippen molar-refractivity contribution in [3.8, 4) is 0 Å². The van der Waals surface area contributed by atoms with E-state index < -0.39 is 0 Å². The highest BCUT2D eigenvalue weighted by Gasteiger charge is 2.05. The van der Waals surface area contributed by atoms with Crippen molar-refractivity contribution < 1.29 is 4.79 Å². The minimum atomic E-state index is -0.274. The molecule has 0 aromatic heterocycles. The van der Waals surface area contributed by atoms with Gasteiger partial charge in [-0.25, -0.2) is 0 Å². The van der Waals surface area contributed by atoms with Crippen molar-refractivity contribution >= 4 is 17.5 Å². The minimum absolute atomic E-state index is 0.179. The molecule has 1 aromatic rings. The standard InChI is InChI=1S/C9H13N.C7H12ClNO/c1-10(2)8-9-6-4-3-5-7-9;1-4-6(8)9-7(10)5(2)3/h3-7H,8H2,1-2H3;6H,2,4H2,1,3H3,(H,9,10). The average Bonchev–Trinajstić information content (AvgIpc) is 2.39. The largest absolute Gasteiger partial charge is 0.336 e. The van der Waals surface area contributed by atoms with E-state index in [0.717, 1.165) is 13.0 Å². The van der Waals surface area contributed by atoms with Gasteiger partial charge in [0.1, 0.15) is 5.50 Å². The number of rotatable bonds is 5. The first-order valence-electron chi connectivity index (χ1n) is 6.65. The Labute approximate surface area is 127 Å². The maximum absolute atomic E-state index is 10.8. The molecule has 0 aliphatic rings. The van der Waals surface area contributed by atoms with E-state index in [0.29, 0.717) is 5.57 Å². The summed E-state index contributed by atoms with van der Waals surface area (Å²) in [6, 6.07) is 10.5. The molecule has 0 fully saturated rings. The maximum atomic E-state index is 10.8. The molecule has 3 nitrogen and oxygen atoms in total. The van der Waals surface area contributed by atoms with E-state index in [-0.39, 0.29) is 11.4 Å². The van der Waals surface area contributed by atoms with Gasteiger partial charge in [0.05, 0.1) is 0 Å². The average molecular weight is 297 g/mol. The first-order chi connectivity index (χ1) is 9.36. The van der Waals surface area contributed by atoms with Crippen molar-refractivity contribution in [2.45, 2.75) is 32.3 Å². The summed E-state index contributed by atoms with van der Waals surface area (Å²) in [4.78, 5) is 13.0. The van der Waals surface area contributed by atoms with E-state index in [2.05, 4.69) is 55.2 Å². The molecule has 0 aliphatic heterocycles. The Hall–Kier alpha value is -1.32. The third-order valence-corrected chi connectivity index (χ3v) is 2.79. The molecule has 4 heteroatoms. The first kappa shape index (κ1) is 18.7. The number of amides is 1. The predicted molar refractivity (Wildman–Crippen MR) is 86.7 cm³/mol. The Bertz CT molecular complexity index is 404. The van der Waals surface area contributed by atoms with E-state index in [1.807, 2.05) is 13.0 Å². The fourth-order valence-corrected chi connectivity index (χ4v) is 1.42. The molecule has 0 aliphatic carbocycles. The fraction of sp³-hybridized carbons (Fsp3) is 0.438. The molecule has 112 valence electrons. The number of hydrogen-bond acceptors (Lipinski definition) is 2. The molecule has 1 atom stereocenters. The Morgan fingerprint density at radius 1 is 1.35 bits per heavy atom. The zero-order valence-electron chi connectivity index (χ0n) is 12.8. The zero-order valence-corrected chi connectivity index (χ0v) is 13.6. The number of nitrogens with one attached hydrogen (secondary N) is 1. The van der Waals surface area contributed by atoms with E-state index >= 15 is 0 Å². The quantitative estimate of drug-likeness (QED) is 0.513. The number of nitrogens with zero attached hydrogens (tertiary/aromatic N) is 1. The highest BCUT2D eigenvalue weighted by atomic mass is 35.5. The van der Waals surface area contributed by atoms with Crippen LogP contribution in [0, 0.1) is 0 Å². The molecule has 1 unspecified atom stereocenters. The lowest BCUT2D eigenvalue weighted by molar-refractivity contribution is -0.117. The molecular weight excluding hydrogens is 272 g/mol. The lowest BCUT2D eigenvalue weighted by atomic mass is 10.2. The molecule has 1 N–H and O–H groups in total. The minimum Gasteiger partial charge on any atom is -0.336 e. The van der Waals surface area contributed by atoms with Crippen molar-refractivity contribution in [2.75, 3.05) is 14.1 Å². The van der Waals surface area contributed by atoms with Gasteiger partial charge in [0.15, 0.2) is 0 Å². The first-order valence-corrected chi connectivity index (χ1v) is 7.09. The second kappa shape index (κ2) is 10.5. The van der Waals surface area contributed by atoms with Gasteiger partial charge in [-0.3, -0.25) is 4.79 Å². The van der Waals surface area contributed by atoms with Gasteiger partial charge < -0.3 is 10.2 Å². The Morgan fingerprint density at radius 3 is 2.30 bits per heavy atom. The Morgan fingerprint density at radius 2 is 1.90 bits per heavy atom. The highest BCUT2D eigenvalue weighted by Crippen LogP contribution is 1.99. The lowest BCUT2D eigenvalue weighted by Crippen LogP contribution is -2.30. The van der Waals surface area contributed by atoms with Crippen LogP contribution in [-0.2, 0) is 11.3 Å². The van der Waals surface area contributed by atoms with Crippen molar-refractivity contribution in [3.63, 3.8) is 0 Å². The molecule has 1 amide bonds. The smallest absolute Gasteiger partial charge is 0.247 e. The Balaban J connectivity index is 0.000000361. The normalized spacial score (nSPS) is 11.3. The van der Waals surface area contributed by atoms with Crippen LogP contribution in [0.15, 0.2) is 42.5 Å². The second-order valence-corrected chi connectivity index (χ2v) is 5.38. The van der Waals surface area contributed by atoms with Crippen molar-refractivity contribution in [2.24, 2.45) is 0 Å². The second-order valence-electron chi connectivity index (χ2n) is 4.85. The maximum Gasteiger partial charge on any atom is 0.247 e. The van der Waals surface area contributed by atoms with Gasteiger partial charge >= 0.3 is 0 Å². The Kier molecular flexibility index (Phi) is 9.77. The highest BCUT2D eigenvalue weighted by molar-refractivity contribution is 6.21. The van der Waals surface area contributed by atoms with Crippen LogP contribution >= 0.6 is 11.6 Å². The molecule has 20 heavy (non-hydrogen) atoms. The van der Waals surface area contributed by atoms with Crippen LogP contribution in [0.1, 0.15) is 25.8 Å². The monoisotopic (exact) mass is 296 g/mol. The molecule has 0 heterocycles. The van der Waals surface area contributed by atoms with E-state index in [4.69, 9.17) is 11.6 Å². The van der Waals surface area contributed by atoms with Crippen LogP contribution in [0.4, 0.5) is 0 Å². The molecule has 0 radical (unpaired) electrons. The lowest BCUT2D eigenvalue weighted by Gasteiger charge is -2.08. The molecule has 1 rings (SSSR count). The topological polar surface area (TPSA) is 32.3 Å². The van der Waals surface area contributed by atoms with Crippen LogP contribution in [0.3, 0.4) is 0 Å². The summed E-state index contributed by atoms with van der Waals surface area (Å²) in [6.07, 6.45) is 0.723. The molecule has 0 spiro atoms. The van der Waals surface area contributed by atoms with Crippen molar-refractivity contribution in [3.05, 3.63) is 48.0 Å². The molecule has 0 saturated heterocycles. The van der Waals surface area contributed by atoms with Gasteiger partial charge in [-0.15, -0.1) is 0 Å². The summed E-state index contributed by atoms with van der Waals surface area (Å²) >= 11 is 5.63. The third kappa shape index (κ3) is 9.59. The molecular formula is C16H25ClN2O. The number of carbonyl (C=O) groups is 1. The van der Waals surface area contributed by atoms with Crippen LogP contribution in [-0.4, -0.2) is 30.4 Å². The summed E-state index contributed by atoms with van der Waals surface area (Å²) < 4.78 is 0.